The third-order valence-electron chi connectivity index (χ3n) is 5.09. The van der Waals surface area contributed by atoms with Gasteiger partial charge in [-0.15, -0.1) is 12.4 Å². The Hall–Kier alpha value is -1.85. The molecule has 2 heterocycles. The Morgan fingerprint density at radius 1 is 1.24 bits per heavy atom. The third kappa shape index (κ3) is 3.88. The molecule has 1 saturated carbocycles. The van der Waals surface area contributed by atoms with E-state index in [1.54, 1.807) is 4.90 Å². The Kier molecular flexibility index (Phi) is 5.45. The molecule has 0 radical (unpaired) electrons. The van der Waals surface area contributed by atoms with Crippen LogP contribution in [-0.2, 0) is 6.54 Å². The Morgan fingerprint density at radius 3 is 2.76 bits per heavy atom. The number of hydrogen-bond donors (Lipinski definition) is 2. The number of benzene rings is 1. The Balaban J connectivity index is 0.00000182. The smallest absolute Gasteiger partial charge is 0.254 e. The highest BCUT2D eigenvalue weighted by molar-refractivity contribution is 5.95. The SMILES string of the molecule is CN(Cc1cc(C2CC2)n[nH]1)C(=O)c1ccccc1C1CCNC1.Cl. The fourth-order valence-corrected chi connectivity index (χ4v) is 3.55. The fraction of sp³-hybridized carbons (Fsp3) is 0.474. The van der Waals surface area contributed by atoms with Gasteiger partial charge in [0.15, 0.2) is 0 Å². The molecule has 0 spiro atoms. The monoisotopic (exact) mass is 360 g/mol. The van der Waals surface area contributed by atoms with E-state index in [1.165, 1.54) is 18.4 Å². The van der Waals surface area contributed by atoms with E-state index in [1.807, 2.05) is 25.2 Å². The maximum Gasteiger partial charge on any atom is 0.254 e. The van der Waals surface area contributed by atoms with Gasteiger partial charge in [0.2, 0.25) is 0 Å². The second kappa shape index (κ2) is 7.58. The third-order valence-corrected chi connectivity index (χ3v) is 5.09. The van der Waals surface area contributed by atoms with Crippen molar-refractivity contribution < 1.29 is 4.79 Å². The highest BCUT2D eigenvalue weighted by Crippen LogP contribution is 2.39. The van der Waals surface area contributed by atoms with Crippen molar-refractivity contribution in [2.45, 2.75) is 37.6 Å². The van der Waals surface area contributed by atoms with Gasteiger partial charge in [-0.05, 0) is 49.4 Å². The van der Waals surface area contributed by atoms with Crippen LogP contribution in [0.5, 0.6) is 0 Å². The molecule has 6 heteroatoms. The lowest BCUT2D eigenvalue weighted by atomic mass is 9.93. The van der Waals surface area contributed by atoms with Crippen LogP contribution in [0.3, 0.4) is 0 Å². The van der Waals surface area contributed by atoms with Crippen molar-refractivity contribution in [1.82, 2.24) is 20.4 Å². The van der Waals surface area contributed by atoms with E-state index in [9.17, 15) is 4.79 Å². The zero-order valence-corrected chi connectivity index (χ0v) is 15.3. The molecular weight excluding hydrogens is 336 g/mol. The molecule has 5 nitrogen and oxygen atoms in total. The van der Waals surface area contributed by atoms with Crippen molar-refractivity contribution in [2.24, 2.45) is 0 Å². The van der Waals surface area contributed by atoms with Crippen molar-refractivity contribution >= 4 is 18.3 Å². The van der Waals surface area contributed by atoms with Crippen molar-refractivity contribution in [3.8, 4) is 0 Å². The fourth-order valence-electron chi connectivity index (χ4n) is 3.55. The molecule has 2 aliphatic rings. The number of carbonyl (C=O) groups excluding carboxylic acids is 1. The molecule has 2 aromatic rings. The van der Waals surface area contributed by atoms with Gasteiger partial charge in [0.1, 0.15) is 0 Å². The van der Waals surface area contributed by atoms with Gasteiger partial charge in [-0.1, -0.05) is 18.2 Å². The van der Waals surface area contributed by atoms with E-state index in [-0.39, 0.29) is 18.3 Å². The number of aromatic amines is 1. The normalized spacial score (nSPS) is 19.5. The predicted molar refractivity (Wildman–Crippen MR) is 100 cm³/mol. The van der Waals surface area contributed by atoms with E-state index < -0.39 is 0 Å². The average molecular weight is 361 g/mol. The topological polar surface area (TPSA) is 61.0 Å². The quantitative estimate of drug-likeness (QED) is 0.861. The summed E-state index contributed by atoms with van der Waals surface area (Å²) in [6, 6.07) is 10.1. The highest BCUT2D eigenvalue weighted by Gasteiger charge is 2.27. The molecule has 1 aliphatic carbocycles. The van der Waals surface area contributed by atoms with E-state index in [0.29, 0.717) is 18.4 Å². The van der Waals surface area contributed by atoms with Crippen LogP contribution in [0.4, 0.5) is 0 Å². The lowest BCUT2D eigenvalue weighted by Gasteiger charge is -2.20. The molecule has 1 aromatic carbocycles. The molecule has 25 heavy (non-hydrogen) atoms. The highest BCUT2D eigenvalue weighted by atomic mass is 35.5. The van der Waals surface area contributed by atoms with Gasteiger partial charge in [0, 0.05) is 25.1 Å². The van der Waals surface area contributed by atoms with E-state index >= 15 is 0 Å². The Bertz CT molecular complexity index is 735. The van der Waals surface area contributed by atoms with E-state index in [4.69, 9.17) is 0 Å². The number of H-pyrrole nitrogens is 1. The largest absolute Gasteiger partial charge is 0.336 e. The predicted octanol–water partition coefficient (Wildman–Crippen LogP) is 3.06. The van der Waals surface area contributed by atoms with Gasteiger partial charge < -0.3 is 10.2 Å². The van der Waals surface area contributed by atoms with Crippen LogP contribution < -0.4 is 5.32 Å². The zero-order valence-electron chi connectivity index (χ0n) is 14.5. The van der Waals surface area contributed by atoms with Gasteiger partial charge in [-0.2, -0.15) is 5.10 Å². The van der Waals surface area contributed by atoms with Crippen molar-refractivity contribution in [3.05, 3.63) is 52.8 Å². The summed E-state index contributed by atoms with van der Waals surface area (Å²) in [4.78, 5) is 14.7. The number of nitrogens with zero attached hydrogens (tertiary/aromatic N) is 2. The van der Waals surface area contributed by atoms with Gasteiger partial charge in [0.05, 0.1) is 17.9 Å². The summed E-state index contributed by atoms with van der Waals surface area (Å²) < 4.78 is 0. The minimum Gasteiger partial charge on any atom is -0.336 e. The van der Waals surface area contributed by atoms with Crippen LogP contribution in [-0.4, -0.2) is 41.1 Å². The molecule has 1 aliphatic heterocycles. The summed E-state index contributed by atoms with van der Waals surface area (Å²) in [5.41, 5.74) is 4.15. The molecular formula is C19H25ClN4O. The van der Waals surface area contributed by atoms with Crippen molar-refractivity contribution in [3.63, 3.8) is 0 Å². The number of amides is 1. The summed E-state index contributed by atoms with van der Waals surface area (Å²) in [6.07, 6.45) is 3.57. The number of aromatic nitrogens is 2. The van der Waals surface area contributed by atoms with Crippen LogP contribution >= 0.6 is 12.4 Å². The second-order valence-electron chi connectivity index (χ2n) is 7.03. The van der Waals surface area contributed by atoms with Crippen molar-refractivity contribution in [2.75, 3.05) is 20.1 Å². The number of rotatable bonds is 5. The molecule has 134 valence electrons. The molecule has 1 unspecified atom stereocenters. The molecule has 0 bridgehead atoms. The molecule has 1 atom stereocenters. The number of hydrogen-bond acceptors (Lipinski definition) is 3. The lowest BCUT2D eigenvalue weighted by molar-refractivity contribution is 0.0782. The van der Waals surface area contributed by atoms with Gasteiger partial charge in [-0.25, -0.2) is 0 Å². The first kappa shape index (κ1) is 18.0. The van der Waals surface area contributed by atoms with Gasteiger partial charge >= 0.3 is 0 Å². The molecule has 2 fully saturated rings. The summed E-state index contributed by atoms with van der Waals surface area (Å²) in [7, 11) is 1.86. The van der Waals surface area contributed by atoms with E-state index in [0.717, 1.165) is 36.5 Å². The average Bonchev–Trinajstić information content (AvgIpc) is 3.11. The van der Waals surface area contributed by atoms with Crippen LogP contribution in [0.1, 0.15) is 58.4 Å². The molecule has 4 rings (SSSR count). The van der Waals surface area contributed by atoms with Crippen LogP contribution in [0.25, 0.3) is 0 Å². The minimum atomic E-state index is 0. The maximum absolute atomic E-state index is 13.0. The van der Waals surface area contributed by atoms with Gasteiger partial charge in [-0.3, -0.25) is 9.89 Å². The van der Waals surface area contributed by atoms with Gasteiger partial charge in [0.25, 0.3) is 5.91 Å². The number of nitrogens with one attached hydrogen (secondary N) is 2. The van der Waals surface area contributed by atoms with Crippen molar-refractivity contribution in [1.29, 1.82) is 0 Å². The first-order valence-electron chi connectivity index (χ1n) is 8.81. The Labute approximate surface area is 154 Å². The molecule has 2 N–H and O–H groups in total. The van der Waals surface area contributed by atoms with Crippen LogP contribution in [0.15, 0.2) is 30.3 Å². The maximum atomic E-state index is 13.0. The van der Waals surface area contributed by atoms with Crippen LogP contribution in [0, 0.1) is 0 Å². The van der Waals surface area contributed by atoms with Crippen LogP contribution in [0.2, 0.25) is 0 Å². The minimum absolute atomic E-state index is 0. The molecule has 1 aromatic heterocycles. The number of carbonyl (C=O) groups is 1. The summed E-state index contributed by atoms with van der Waals surface area (Å²) in [5.74, 6) is 1.15. The second-order valence-corrected chi connectivity index (χ2v) is 7.03. The molecule has 1 saturated heterocycles. The first-order valence-corrected chi connectivity index (χ1v) is 8.81. The lowest BCUT2D eigenvalue weighted by Crippen LogP contribution is -2.28. The standard InChI is InChI=1S/C19H24N4O.ClH/c1-23(12-15-10-18(22-21-15)13-6-7-13)19(24)17-5-3-2-4-16(17)14-8-9-20-11-14;/h2-5,10,13-14,20H,6-9,11-12H2,1H3,(H,21,22);1H. The Morgan fingerprint density at radius 2 is 2.04 bits per heavy atom. The summed E-state index contributed by atoms with van der Waals surface area (Å²) in [5, 5.41) is 10.8. The summed E-state index contributed by atoms with van der Waals surface area (Å²) >= 11 is 0. The first-order chi connectivity index (χ1) is 11.7. The zero-order chi connectivity index (χ0) is 16.5. The van der Waals surface area contributed by atoms with E-state index in [2.05, 4.69) is 27.6 Å². The number of halogens is 1. The summed E-state index contributed by atoms with van der Waals surface area (Å²) in [6.45, 7) is 2.55. The molecule has 1 amide bonds.